The van der Waals surface area contributed by atoms with Crippen molar-refractivity contribution in [3.8, 4) is 5.75 Å². The van der Waals surface area contributed by atoms with Gasteiger partial charge in [-0.25, -0.2) is 4.39 Å². The van der Waals surface area contributed by atoms with Crippen LogP contribution in [0.25, 0.3) is 0 Å². The van der Waals surface area contributed by atoms with Gasteiger partial charge in [-0.2, -0.15) is 0 Å². The molecule has 1 rings (SSSR count). The summed E-state index contributed by atoms with van der Waals surface area (Å²) in [4.78, 5) is 10.8. The number of carbonyl (C=O) groups excluding carboxylic acids is 1. The van der Waals surface area contributed by atoms with Crippen LogP contribution in [0.3, 0.4) is 0 Å². The Bertz CT molecular complexity index is 336. The highest BCUT2D eigenvalue weighted by Crippen LogP contribution is 2.26. The average Bonchev–Trinajstić information content (AvgIpc) is 1.97. The fourth-order valence-corrected chi connectivity index (χ4v) is 0.940. The largest absolute Gasteiger partial charge is 0.506 e. The number of nitrogens with two attached hydrogens (primary N) is 1. The van der Waals surface area contributed by atoms with Crippen LogP contribution in [-0.4, -0.2) is 10.9 Å². The molecule has 0 aromatic heterocycles. The molecule has 3 N–H and O–H groups in total. The van der Waals surface area contributed by atoms with Crippen LogP contribution < -0.4 is 5.73 Å². The summed E-state index contributed by atoms with van der Waals surface area (Å²) in [6.07, 6.45) is 0. The van der Waals surface area contributed by atoms with Gasteiger partial charge in [-0.05, 0) is 19.1 Å². The van der Waals surface area contributed by atoms with Crippen LogP contribution in [0, 0.1) is 5.82 Å². The van der Waals surface area contributed by atoms with E-state index in [1.165, 1.54) is 6.92 Å². The molecule has 0 aliphatic rings. The number of halogens is 1. The number of carbonyl (C=O) groups is 1. The number of nitrogen functional groups attached to an aromatic ring is 1. The van der Waals surface area contributed by atoms with Crippen LogP contribution in [-0.2, 0) is 0 Å². The fourth-order valence-electron chi connectivity index (χ4n) is 0.940. The minimum absolute atomic E-state index is 0.206. The molecule has 0 spiro atoms. The van der Waals surface area contributed by atoms with Crippen LogP contribution in [0.4, 0.5) is 10.1 Å². The summed E-state index contributed by atoms with van der Waals surface area (Å²) < 4.78 is 12.9. The third kappa shape index (κ3) is 1.23. The molecule has 0 heterocycles. The molecular formula is C8H8FNO2. The van der Waals surface area contributed by atoms with Gasteiger partial charge in [0.2, 0.25) is 0 Å². The first kappa shape index (κ1) is 8.52. The molecule has 0 unspecified atom stereocenters. The van der Waals surface area contributed by atoms with E-state index in [2.05, 4.69) is 0 Å². The van der Waals surface area contributed by atoms with Crippen molar-refractivity contribution in [3.63, 3.8) is 0 Å². The van der Waals surface area contributed by atoms with Crippen molar-refractivity contribution in [3.05, 3.63) is 23.5 Å². The van der Waals surface area contributed by atoms with Crippen LogP contribution in [0.15, 0.2) is 12.1 Å². The number of aromatic hydroxyl groups is 1. The summed E-state index contributed by atoms with van der Waals surface area (Å²) in [6, 6.07) is 2.11. The fraction of sp³-hybridized carbons (Fsp3) is 0.125. The predicted octanol–water partition coefficient (Wildman–Crippen LogP) is 1.32. The van der Waals surface area contributed by atoms with Crippen LogP contribution in [0.2, 0.25) is 0 Å². The van der Waals surface area contributed by atoms with Crippen molar-refractivity contribution in [2.45, 2.75) is 6.92 Å². The van der Waals surface area contributed by atoms with Gasteiger partial charge in [0.25, 0.3) is 0 Å². The monoisotopic (exact) mass is 169 g/mol. The second-order valence-corrected chi connectivity index (χ2v) is 2.41. The molecule has 1 aromatic carbocycles. The first-order chi connectivity index (χ1) is 5.54. The summed E-state index contributed by atoms with van der Waals surface area (Å²) in [7, 11) is 0. The molecule has 0 aliphatic carbocycles. The van der Waals surface area contributed by atoms with E-state index in [9.17, 15) is 9.18 Å². The van der Waals surface area contributed by atoms with Gasteiger partial charge >= 0.3 is 0 Å². The number of hydrogen-bond acceptors (Lipinski definition) is 3. The number of phenols is 1. The highest BCUT2D eigenvalue weighted by molar-refractivity contribution is 6.00. The Morgan fingerprint density at radius 2 is 2.17 bits per heavy atom. The topological polar surface area (TPSA) is 63.3 Å². The zero-order valence-corrected chi connectivity index (χ0v) is 6.47. The average molecular weight is 169 g/mol. The van der Waals surface area contributed by atoms with E-state index in [1.54, 1.807) is 0 Å². The van der Waals surface area contributed by atoms with Crippen molar-refractivity contribution >= 4 is 11.5 Å². The van der Waals surface area contributed by atoms with E-state index >= 15 is 0 Å². The maximum Gasteiger partial charge on any atom is 0.164 e. The number of rotatable bonds is 1. The third-order valence-corrected chi connectivity index (χ3v) is 1.52. The zero-order valence-electron chi connectivity index (χ0n) is 6.47. The highest BCUT2D eigenvalue weighted by atomic mass is 19.1. The lowest BCUT2D eigenvalue weighted by Gasteiger charge is -2.04. The molecular weight excluding hydrogens is 161 g/mol. The number of hydrogen-bond donors (Lipinski definition) is 2. The summed E-state index contributed by atoms with van der Waals surface area (Å²) in [5, 5.41) is 9.03. The number of ketones is 1. The SMILES string of the molecule is CC(=O)c1c(F)ccc(O)c1N. The molecule has 64 valence electrons. The van der Waals surface area contributed by atoms with E-state index in [0.29, 0.717) is 0 Å². The summed E-state index contributed by atoms with van der Waals surface area (Å²) >= 11 is 0. The van der Waals surface area contributed by atoms with E-state index in [1.807, 2.05) is 0 Å². The number of Topliss-reactive ketones (excluding diaryl/α,β-unsaturated/α-hetero) is 1. The lowest BCUT2D eigenvalue weighted by Crippen LogP contribution is -2.03. The van der Waals surface area contributed by atoms with Gasteiger partial charge in [0.1, 0.15) is 11.6 Å². The molecule has 0 amide bonds. The van der Waals surface area contributed by atoms with Crippen LogP contribution >= 0.6 is 0 Å². The summed E-state index contributed by atoms with van der Waals surface area (Å²) in [5.41, 5.74) is 4.81. The Labute approximate surface area is 68.6 Å². The molecule has 3 nitrogen and oxygen atoms in total. The lowest BCUT2D eigenvalue weighted by atomic mass is 10.1. The Hall–Kier alpha value is -1.58. The molecule has 0 bridgehead atoms. The molecule has 12 heavy (non-hydrogen) atoms. The third-order valence-electron chi connectivity index (χ3n) is 1.52. The Morgan fingerprint density at radius 3 is 2.58 bits per heavy atom. The molecule has 0 fully saturated rings. The van der Waals surface area contributed by atoms with Crippen molar-refractivity contribution in [2.75, 3.05) is 5.73 Å². The molecule has 0 saturated heterocycles. The van der Waals surface area contributed by atoms with E-state index in [4.69, 9.17) is 10.8 Å². The molecule has 0 aliphatic heterocycles. The molecule has 0 saturated carbocycles. The molecule has 1 aromatic rings. The van der Waals surface area contributed by atoms with Gasteiger partial charge in [-0.1, -0.05) is 0 Å². The number of anilines is 1. The van der Waals surface area contributed by atoms with Crippen molar-refractivity contribution in [2.24, 2.45) is 0 Å². The molecule has 0 atom stereocenters. The number of phenolic OH excluding ortho intramolecular Hbond substituents is 1. The normalized spacial score (nSPS) is 9.83. The minimum Gasteiger partial charge on any atom is -0.506 e. The maximum absolute atomic E-state index is 12.9. The molecule has 0 radical (unpaired) electrons. The Morgan fingerprint density at radius 1 is 1.58 bits per heavy atom. The van der Waals surface area contributed by atoms with Crippen LogP contribution in [0.1, 0.15) is 17.3 Å². The van der Waals surface area contributed by atoms with Gasteiger partial charge in [0.05, 0.1) is 11.3 Å². The quantitative estimate of drug-likeness (QED) is 0.378. The number of benzene rings is 1. The van der Waals surface area contributed by atoms with E-state index < -0.39 is 11.6 Å². The van der Waals surface area contributed by atoms with Gasteiger partial charge in [0, 0.05) is 0 Å². The standard InChI is InChI=1S/C8H8FNO2/c1-4(11)7-5(9)2-3-6(12)8(7)10/h2-3,12H,10H2,1H3. The lowest BCUT2D eigenvalue weighted by molar-refractivity contribution is 0.101. The van der Waals surface area contributed by atoms with Crippen LogP contribution in [0.5, 0.6) is 5.75 Å². The smallest absolute Gasteiger partial charge is 0.164 e. The summed E-state index contributed by atoms with van der Waals surface area (Å²) in [6.45, 7) is 1.19. The maximum atomic E-state index is 12.9. The van der Waals surface area contributed by atoms with Gasteiger partial charge < -0.3 is 10.8 Å². The van der Waals surface area contributed by atoms with Gasteiger partial charge in [-0.3, -0.25) is 4.79 Å². The first-order valence-electron chi connectivity index (χ1n) is 3.32. The zero-order chi connectivity index (χ0) is 9.30. The van der Waals surface area contributed by atoms with Crippen molar-refractivity contribution in [1.82, 2.24) is 0 Å². The molecule has 4 heteroatoms. The summed E-state index contributed by atoms with van der Waals surface area (Å²) in [5.74, 6) is -1.49. The van der Waals surface area contributed by atoms with Gasteiger partial charge in [0.15, 0.2) is 5.78 Å². The highest BCUT2D eigenvalue weighted by Gasteiger charge is 2.13. The van der Waals surface area contributed by atoms with E-state index in [-0.39, 0.29) is 17.0 Å². The van der Waals surface area contributed by atoms with Crippen molar-refractivity contribution < 1.29 is 14.3 Å². The second-order valence-electron chi connectivity index (χ2n) is 2.41. The van der Waals surface area contributed by atoms with Gasteiger partial charge in [-0.15, -0.1) is 0 Å². The first-order valence-corrected chi connectivity index (χ1v) is 3.32. The second kappa shape index (κ2) is 2.81. The van der Waals surface area contributed by atoms with Crippen molar-refractivity contribution in [1.29, 1.82) is 0 Å². The Balaban J connectivity index is 3.43. The minimum atomic E-state index is -0.710. The predicted molar refractivity (Wildman–Crippen MR) is 42.5 cm³/mol. The van der Waals surface area contributed by atoms with E-state index in [0.717, 1.165) is 12.1 Å². The Kier molecular flexibility index (Phi) is 1.99.